The summed E-state index contributed by atoms with van der Waals surface area (Å²) in [6.07, 6.45) is 1.03. The Morgan fingerprint density at radius 2 is 2.17 bits per heavy atom. The second kappa shape index (κ2) is 6.25. The third-order valence-electron chi connectivity index (χ3n) is 3.28. The summed E-state index contributed by atoms with van der Waals surface area (Å²) >= 11 is 1.84. The first-order valence-electron chi connectivity index (χ1n) is 6.40. The number of nitrogens with one attached hydrogen (secondary N) is 1. The maximum absolute atomic E-state index is 12.3. The molecule has 3 nitrogen and oxygen atoms in total. The highest BCUT2D eigenvalue weighted by molar-refractivity contribution is 7.99. The van der Waals surface area contributed by atoms with Gasteiger partial charge in [-0.3, -0.25) is 4.79 Å². The number of likely N-dealkylation sites (N-methyl/N-ethyl adjacent to an activating group) is 1. The lowest BCUT2D eigenvalue weighted by atomic mass is 10.1. The van der Waals surface area contributed by atoms with Crippen LogP contribution in [0.2, 0.25) is 0 Å². The number of aryl methyl sites for hydroxylation is 1. The topological polar surface area (TPSA) is 32.3 Å². The zero-order valence-electron chi connectivity index (χ0n) is 11.0. The fourth-order valence-corrected chi connectivity index (χ4v) is 2.97. The lowest BCUT2D eigenvalue weighted by molar-refractivity contribution is -0.119. The molecule has 1 amide bonds. The highest BCUT2D eigenvalue weighted by atomic mass is 32.2. The molecule has 1 N–H and O–H groups in total. The number of benzene rings is 1. The first-order chi connectivity index (χ1) is 8.72. The molecule has 1 atom stereocenters. The van der Waals surface area contributed by atoms with Crippen molar-refractivity contribution in [3.05, 3.63) is 29.8 Å². The molecule has 1 heterocycles. The number of nitrogens with zero attached hydrogens (tertiary/aromatic N) is 1. The number of rotatable bonds is 3. The van der Waals surface area contributed by atoms with Crippen molar-refractivity contribution in [2.24, 2.45) is 0 Å². The van der Waals surface area contributed by atoms with Crippen LogP contribution >= 0.6 is 11.8 Å². The summed E-state index contributed by atoms with van der Waals surface area (Å²) in [5.41, 5.74) is 2.26. The number of hydrogen-bond acceptors (Lipinski definition) is 3. The van der Waals surface area contributed by atoms with Gasteiger partial charge in [-0.15, -0.1) is 0 Å². The molecule has 18 heavy (non-hydrogen) atoms. The van der Waals surface area contributed by atoms with E-state index in [9.17, 15) is 4.79 Å². The predicted molar refractivity (Wildman–Crippen MR) is 78.3 cm³/mol. The lowest BCUT2D eigenvalue weighted by Gasteiger charge is -2.27. The molecule has 2 rings (SSSR count). The van der Waals surface area contributed by atoms with Crippen molar-refractivity contribution in [3.8, 4) is 0 Å². The zero-order valence-corrected chi connectivity index (χ0v) is 11.8. The van der Waals surface area contributed by atoms with Gasteiger partial charge in [0.15, 0.2) is 0 Å². The van der Waals surface area contributed by atoms with Crippen LogP contribution in [0.5, 0.6) is 0 Å². The highest BCUT2D eigenvalue weighted by Gasteiger charge is 2.24. The van der Waals surface area contributed by atoms with Crippen LogP contribution in [0.4, 0.5) is 5.69 Å². The summed E-state index contributed by atoms with van der Waals surface area (Å²) < 4.78 is 0. The third kappa shape index (κ3) is 3.06. The van der Waals surface area contributed by atoms with E-state index in [2.05, 4.69) is 24.4 Å². The summed E-state index contributed by atoms with van der Waals surface area (Å²) in [6, 6.07) is 8.17. The van der Waals surface area contributed by atoms with E-state index in [4.69, 9.17) is 0 Å². The predicted octanol–water partition coefficient (Wildman–Crippen LogP) is 1.92. The molecule has 1 unspecified atom stereocenters. The summed E-state index contributed by atoms with van der Waals surface area (Å²) in [4.78, 5) is 14.1. The Bertz CT molecular complexity index is 399. The Balaban J connectivity index is 2.04. The molecule has 4 heteroatoms. The second-order valence-electron chi connectivity index (χ2n) is 4.50. The quantitative estimate of drug-likeness (QED) is 0.905. The fraction of sp³-hybridized carbons (Fsp3) is 0.500. The largest absolute Gasteiger partial charge is 0.314 e. The minimum absolute atomic E-state index is 0.0420. The normalized spacial score (nSPS) is 19.6. The molecule has 0 spiro atoms. The van der Waals surface area contributed by atoms with Crippen LogP contribution < -0.4 is 10.2 Å². The Labute approximate surface area is 113 Å². The Kier molecular flexibility index (Phi) is 4.66. The number of thioether (sulfide) groups is 1. The molecular formula is C14H20N2OS. The minimum Gasteiger partial charge on any atom is -0.314 e. The molecule has 98 valence electrons. The van der Waals surface area contributed by atoms with Gasteiger partial charge in [-0.25, -0.2) is 0 Å². The van der Waals surface area contributed by atoms with Gasteiger partial charge in [0.05, 0.1) is 6.04 Å². The van der Waals surface area contributed by atoms with Crippen molar-refractivity contribution < 1.29 is 4.79 Å². The van der Waals surface area contributed by atoms with E-state index in [1.807, 2.05) is 30.9 Å². The van der Waals surface area contributed by atoms with Gasteiger partial charge in [0.2, 0.25) is 5.91 Å². The maximum atomic E-state index is 12.3. The third-order valence-corrected chi connectivity index (χ3v) is 4.34. The number of carbonyl (C=O) groups excluding carboxylic acids is 1. The van der Waals surface area contributed by atoms with Gasteiger partial charge in [-0.2, -0.15) is 11.8 Å². The summed E-state index contributed by atoms with van der Waals surface area (Å²) in [5, 5.41) is 3.28. The number of amides is 1. The molecule has 0 radical (unpaired) electrons. The van der Waals surface area contributed by atoms with E-state index >= 15 is 0 Å². The summed E-state index contributed by atoms with van der Waals surface area (Å²) in [5.74, 6) is 2.13. The Hall–Kier alpha value is -1.00. The van der Waals surface area contributed by atoms with Crippen molar-refractivity contribution in [1.29, 1.82) is 0 Å². The van der Waals surface area contributed by atoms with Crippen LogP contribution in [0.15, 0.2) is 24.3 Å². The van der Waals surface area contributed by atoms with Crippen molar-refractivity contribution in [3.63, 3.8) is 0 Å². The van der Waals surface area contributed by atoms with Gasteiger partial charge in [-0.05, 0) is 24.1 Å². The number of carbonyl (C=O) groups is 1. The van der Waals surface area contributed by atoms with Crippen LogP contribution in [-0.4, -0.2) is 37.0 Å². The van der Waals surface area contributed by atoms with Gasteiger partial charge in [0, 0.05) is 30.8 Å². The van der Waals surface area contributed by atoms with Crippen molar-refractivity contribution in [2.45, 2.75) is 19.4 Å². The molecule has 0 bridgehead atoms. The van der Waals surface area contributed by atoms with Crippen LogP contribution in [0.1, 0.15) is 12.5 Å². The van der Waals surface area contributed by atoms with Gasteiger partial charge >= 0.3 is 0 Å². The minimum atomic E-state index is -0.0420. The lowest BCUT2D eigenvalue weighted by Crippen LogP contribution is -2.49. The average molecular weight is 264 g/mol. The van der Waals surface area contributed by atoms with Crippen molar-refractivity contribution in [1.82, 2.24) is 5.32 Å². The van der Waals surface area contributed by atoms with Gasteiger partial charge in [0.1, 0.15) is 0 Å². The van der Waals surface area contributed by atoms with E-state index < -0.39 is 0 Å². The molecule has 1 saturated heterocycles. The van der Waals surface area contributed by atoms with Gasteiger partial charge in [0.25, 0.3) is 0 Å². The van der Waals surface area contributed by atoms with E-state index in [1.165, 1.54) is 5.56 Å². The molecule has 1 aromatic rings. The van der Waals surface area contributed by atoms with E-state index in [-0.39, 0.29) is 11.9 Å². The van der Waals surface area contributed by atoms with Crippen LogP contribution in [0.3, 0.4) is 0 Å². The first-order valence-corrected chi connectivity index (χ1v) is 7.55. The Morgan fingerprint density at radius 1 is 1.44 bits per heavy atom. The molecule has 1 fully saturated rings. The fourth-order valence-electron chi connectivity index (χ4n) is 2.04. The second-order valence-corrected chi connectivity index (χ2v) is 5.65. The molecule has 1 aliphatic heterocycles. The summed E-state index contributed by atoms with van der Waals surface area (Å²) in [7, 11) is 1.85. The van der Waals surface area contributed by atoms with E-state index in [1.54, 1.807) is 4.90 Å². The van der Waals surface area contributed by atoms with Crippen LogP contribution in [0.25, 0.3) is 0 Å². The SMILES string of the molecule is CCc1ccc(N(C)C(=O)C2CSCCN2)cc1. The van der Waals surface area contributed by atoms with E-state index in [0.717, 1.165) is 30.2 Å². The molecular weight excluding hydrogens is 244 g/mol. The van der Waals surface area contributed by atoms with Gasteiger partial charge < -0.3 is 10.2 Å². The summed E-state index contributed by atoms with van der Waals surface area (Å²) in [6.45, 7) is 3.05. The average Bonchev–Trinajstić information content (AvgIpc) is 2.47. The maximum Gasteiger partial charge on any atom is 0.244 e. The smallest absolute Gasteiger partial charge is 0.244 e. The standard InChI is InChI=1S/C14H20N2OS/c1-3-11-4-6-12(7-5-11)16(2)14(17)13-10-18-9-8-15-13/h4-7,13,15H,3,8-10H2,1-2H3. The zero-order chi connectivity index (χ0) is 13.0. The monoisotopic (exact) mass is 264 g/mol. The van der Waals surface area contributed by atoms with Gasteiger partial charge in [-0.1, -0.05) is 19.1 Å². The van der Waals surface area contributed by atoms with E-state index in [0.29, 0.717) is 0 Å². The highest BCUT2D eigenvalue weighted by Crippen LogP contribution is 2.17. The number of anilines is 1. The molecule has 1 aromatic carbocycles. The van der Waals surface area contributed by atoms with Crippen molar-refractivity contribution >= 4 is 23.4 Å². The van der Waals surface area contributed by atoms with Crippen LogP contribution in [0, 0.1) is 0 Å². The molecule has 0 saturated carbocycles. The van der Waals surface area contributed by atoms with Crippen LogP contribution in [-0.2, 0) is 11.2 Å². The first kappa shape index (κ1) is 13.4. The molecule has 0 aliphatic carbocycles. The number of hydrogen-bond donors (Lipinski definition) is 1. The Morgan fingerprint density at radius 3 is 2.72 bits per heavy atom. The molecule has 1 aliphatic rings. The van der Waals surface area contributed by atoms with Crippen molar-refractivity contribution in [2.75, 3.05) is 30.0 Å². The molecule has 0 aromatic heterocycles.